The van der Waals surface area contributed by atoms with Crippen molar-refractivity contribution in [3.8, 4) is 11.3 Å². The van der Waals surface area contributed by atoms with Gasteiger partial charge in [-0.1, -0.05) is 31.2 Å². The average molecular weight is 231 g/mol. The Labute approximate surface area is 99.0 Å². The lowest BCUT2D eigenvalue weighted by atomic mass is 10.1. The Kier molecular flexibility index (Phi) is 3.15. The van der Waals surface area contributed by atoms with E-state index in [2.05, 4.69) is 24.0 Å². The second-order valence-corrected chi connectivity index (χ2v) is 4.85. The van der Waals surface area contributed by atoms with Crippen molar-refractivity contribution in [3.05, 3.63) is 39.7 Å². The lowest BCUT2D eigenvalue weighted by molar-refractivity contribution is 0.112. The van der Waals surface area contributed by atoms with E-state index in [1.54, 1.807) is 0 Å². The summed E-state index contributed by atoms with van der Waals surface area (Å²) in [5.74, 6) is 0. The van der Waals surface area contributed by atoms with Gasteiger partial charge >= 0.3 is 0 Å². The molecule has 2 rings (SSSR count). The van der Waals surface area contributed by atoms with Crippen LogP contribution in [0.25, 0.3) is 11.3 Å². The highest BCUT2D eigenvalue weighted by molar-refractivity contribution is 7.13. The molecule has 1 heterocycles. The second-order valence-electron chi connectivity index (χ2n) is 3.61. The number of benzene rings is 1. The van der Waals surface area contributed by atoms with Crippen LogP contribution >= 0.6 is 11.3 Å². The van der Waals surface area contributed by atoms with Crippen LogP contribution in [0.2, 0.25) is 0 Å². The summed E-state index contributed by atoms with van der Waals surface area (Å²) in [4.78, 5) is 16.0. The predicted octanol–water partition coefficient (Wildman–Crippen LogP) is 3.49. The van der Waals surface area contributed by atoms with E-state index in [4.69, 9.17) is 0 Å². The van der Waals surface area contributed by atoms with Crippen molar-refractivity contribution in [2.45, 2.75) is 20.3 Å². The number of thiazole rings is 1. The Morgan fingerprint density at radius 1 is 1.31 bits per heavy atom. The van der Waals surface area contributed by atoms with Gasteiger partial charge in [0.1, 0.15) is 0 Å². The molecular weight excluding hydrogens is 218 g/mol. The first-order valence-electron chi connectivity index (χ1n) is 5.26. The van der Waals surface area contributed by atoms with E-state index in [9.17, 15) is 4.79 Å². The molecule has 0 aliphatic rings. The molecule has 0 aliphatic carbocycles. The monoisotopic (exact) mass is 231 g/mol. The topological polar surface area (TPSA) is 30.0 Å². The fourth-order valence-electron chi connectivity index (χ4n) is 1.63. The standard InChI is InChI=1S/C13H13NOS/c1-3-10-4-6-11(7-5-10)13-12(8-15)16-9(2)14-13/h4-8H,3H2,1-2H3. The summed E-state index contributed by atoms with van der Waals surface area (Å²) in [6.45, 7) is 4.04. The molecule has 0 fully saturated rings. The first-order valence-corrected chi connectivity index (χ1v) is 6.08. The van der Waals surface area contributed by atoms with E-state index < -0.39 is 0 Å². The average Bonchev–Trinajstić information content (AvgIpc) is 2.70. The Morgan fingerprint density at radius 2 is 2.00 bits per heavy atom. The number of hydrogen-bond acceptors (Lipinski definition) is 3. The van der Waals surface area contributed by atoms with E-state index in [0.29, 0.717) is 4.88 Å². The lowest BCUT2D eigenvalue weighted by Crippen LogP contribution is -1.85. The minimum Gasteiger partial charge on any atom is -0.297 e. The maximum Gasteiger partial charge on any atom is 0.162 e. The summed E-state index contributed by atoms with van der Waals surface area (Å²) >= 11 is 1.44. The van der Waals surface area contributed by atoms with Gasteiger partial charge in [-0.15, -0.1) is 11.3 Å². The summed E-state index contributed by atoms with van der Waals surface area (Å²) in [7, 11) is 0. The van der Waals surface area contributed by atoms with Crippen molar-refractivity contribution < 1.29 is 4.79 Å². The van der Waals surface area contributed by atoms with Gasteiger partial charge in [0, 0.05) is 5.56 Å². The fourth-order valence-corrected chi connectivity index (χ4v) is 2.39. The first kappa shape index (κ1) is 11.0. The highest BCUT2D eigenvalue weighted by Gasteiger charge is 2.09. The molecule has 16 heavy (non-hydrogen) atoms. The zero-order valence-corrected chi connectivity index (χ0v) is 10.2. The van der Waals surface area contributed by atoms with Crippen molar-refractivity contribution >= 4 is 17.6 Å². The maximum atomic E-state index is 10.9. The number of aromatic nitrogens is 1. The van der Waals surface area contributed by atoms with Gasteiger partial charge in [0.05, 0.1) is 15.6 Å². The van der Waals surface area contributed by atoms with E-state index >= 15 is 0 Å². The van der Waals surface area contributed by atoms with Crippen molar-refractivity contribution in [2.75, 3.05) is 0 Å². The number of nitrogens with zero attached hydrogens (tertiary/aromatic N) is 1. The van der Waals surface area contributed by atoms with E-state index in [1.165, 1.54) is 16.9 Å². The highest BCUT2D eigenvalue weighted by atomic mass is 32.1. The molecule has 0 radical (unpaired) electrons. The summed E-state index contributed by atoms with van der Waals surface area (Å²) in [6, 6.07) is 8.22. The van der Waals surface area contributed by atoms with Crippen LogP contribution in [0.5, 0.6) is 0 Å². The molecule has 0 unspecified atom stereocenters. The third kappa shape index (κ3) is 2.04. The molecule has 0 saturated carbocycles. The molecule has 1 aromatic carbocycles. The van der Waals surface area contributed by atoms with Crippen LogP contribution in [0, 0.1) is 6.92 Å². The van der Waals surface area contributed by atoms with Gasteiger partial charge in [0.2, 0.25) is 0 Å². The molecule has 82 valence electrons. The number of aryl methyl sites for hydroxylation is 2. The molecule has 0 bridgehead atoms. The van der Waals surface area contributed by atoms with Crippen molar-refractivity contribution in [1.29, 1.82) is 0 Å². The van der Waals surface area contributed by atoms with E-state index in [-0.39, 0.29) is 0 Å². The number of aldehydes is 1. The second kappa shape index (κ2) is 4.58. The van der Waals surface area contributed by atoms with Gasteiger partial charge in [-0.25, -0.2) is 4.98 Å². The molecule has 0 aliphatic heterocycles. The Bertz CT molecular complexity index is 499. The van der Waals surface area contributed by atoms with E-state index in [1.807, 2.05) is 19.1 Å². The summed E-state index contributed by atoms with van der Waals surface area (Å²) in [5, 5.41) is 0.927. The van der Waals surface area contributed by atoms with Crippen molar-refractivity contribution in [3.63, 3.8) is 0 Å². The van der Waals surface area contributed by atoms with Crippen LogP contribution in [0.15, 0.2) is 24.3 Å². The predicted molar refractivity (Wildman–Crippen MR) is 67.1 cm³/mol. The molecule has 0 saturated heterocycles. The van der Waals surface area contributed by atoms with Crippen LogP contribution in [0.4, 0.5) is 0 Å². The lowest BCUT2D eigenvalue weighted by Gasteiger charge is -2.00. The summed E-state index contributed by atoms with van der Waals surface area (Å²) < 4.78 is 0. The summed E-state index contributed by atoms with van der Waals surface area (Å²) in [6.07, 6.45) is 1.91. The molecule has 0 atom stereocenters. The highest BCUT2D eigenvalue weighted by Crippen LogP contribution is 2.26. The zero-order chi connectivity index (χ0) is 11.5. The van der Waals surface area contributed by atoms with Crippen LogP contribution in [0.3, 0.4) is 0 Å². The smallest absolute Gasteiger partial charge is 0.162 e. The number of carbonyl (C=O) groups is 1. The fraction of sp³-hybridized carbons (Fsp3) is 0.231. The van der Waals surface area contributed by atoms with Crippen molar-refractivity contribution in [1.82, 2.24) is 4.98 Å². The van der Waals surface area contributed by atoms with Gasteiger partial charge in [-0.2, -0.15) is 0 Å². The first-order chi connectivity index (χ1) is 7.74. The zero-order valence-electron chi connectivity index (χ0n) is 9.36. The van der Waals surface area contributed by atoms with E-state index in [0.717, 1.165) is 29.0 Å². The van der Waals surface area contributed by atoms with Crippen molar-refractivity contribution in [2.24, 2.45) is 0 Å². The molecule has 2 nitrogen and oxygen atoms in total. The van der Waals surface area contributed by atoms with Crippen LogP contribution in [0.1, 0.15) is 27.2 Å². The van der Waals surface area contributed by atoms with Gasteiger partial charge in [-0.3, -0.25) is 4.79 Å². The maximum absolute atomic E-state index is 10.9. The van der Waals surface area contributed by atoms with Gasteiger partial charge in [-0.05, 0) is 18.9 Å². The Balaban J connectivity index is 2.45. The number of carbonyl (C=O) groups excluding carboxylic acids is 1. The molecule has 0 N–H and O–H groups in total. The third-order valence-electron chi connectivity index (χ3n) is 2.50. The molecule has 3 heteroatoms. The van der Waals surface area contributed by atoms with Crippen LogP contribution in [-0.2, 0) is 6.42 Å². The largest absolute Gasteiger partial charge is 0.297 e. The number of hydrogen-bond donors (Lipinski definition) is 0. The third-order valence-corrected chi connectivity index (χ3v) is 3.40. The molecular formula is C13H13NOS. The molecule has 0 spiro atoms. The van der Waals surface area contributed by atoms with Crippen LogP contribution in [-0.4, -0.2) is 11.3 Å². The molecule has 1 aromatic heterocycles. The number of rotatable bonds is 3. The molecule has 0 amide bonds. The Morgan fingerprint density at radius 3 is 2.56 bits per heavy atom. The minimum atomic E-state index is 0.710. The Hall–Kier alpha value is -1.48. The summed E-state index contributed by atoms with van der Waals surface area (Å²) in [5.41, 5.74) is 3.12. The van der Waals surface area contributed by atoms with Gasteiger partial charge in [0.25, 0.3) is 0 Å². The quantitative estimate of drug-likeness (QED) is 0.757. The minimum absolute atomic E-state index is 0.710. The SMILES string of the molecule is CCc1ccc(-c2nc(C)sc2C=O)cc1. The van der Waals surface area contributed by atoms with Gasteiger partial charge in [0.15, 0.2) is 6.29 Å². The van der Waals surface area contributed by atoms with Crippen LogP contribution < -0.4 is 0 Å². The van der Waals surface area contributed by atoms with Gasteiger partial charge < -0.3 is 0 Å². The normalized spacial score (nSPS) is 10.4. The molecule has 2 aromatic rings.